The number of carbonyl (C=O) groups excluding carboxylic acids is 1. The summed E-state index contributed by atoms with van der Waals surface area (Å²) in [6.07, 6.45) is 1.64. The zero-order valence-corrected chi connectivity index (χ0v) is 19.0. The number of amides is 1. The highest BCUT2D eigenvalue weighted by Gasteiger charge is 2.22. The van der Waals surface area contributed by atoms with Crippen LogP contribution in [0.2, 0.25) is 0 Å². The predicted octanol–water partition coefficient (Wildman–Crippen LogP) is 1.35. The number of nitrogens with one attached hydrogen (secondary N) is 1. The molecule has 3 rings (SSSR count). The number of anilines is 2. The monoisotopic (exact) mass is 464 g/mol. The van der Waals surface area contributed by atoms with Crippen LogP contribution in [0.15, 0.2) is 27.5 Å². The fourth-order valence-corrected chi connectivity index (χ4v) is 3.60. The van der Waals surface area contributed by atoms with Crippen LogP contribution in [-0.2, 0) is 9.47 Å². The predicted molar refractivity (Wildman–Crippen MR) is 117 cm³/mol. The third-order valence-corrected chi connectivity index (χ3v) is 5.25. The topological polar surface area (TPSA) is 134 Å². The first-order chi connectivity index (χ1) is 15.5. The van der Waals surface area contributed by atoms with Gasteiger partial charge in [0.05, 0.1) is 26.0 Å². The number of methoxy groups -OCH3 is 3. The van der Waals surface area contributed by atoms with Gasteiger partial charge in [0.15, 0.2) is 5.76 Å². The molecule has 172 valence electrons. The molecule has 32 heavy (non-hydrogen) atoms. The summed E-state index contributed by atoms with van der Waals surface area (Å²) in [5, 5.41) is 15.5. The second-order valence-corrected chi connectivity index (χ2v) is 7.47. The Kier molecular flexibility index (Phi) is 7.92. The number of nitrogens with zero attached hydrogens (tertiary/aromatic N) is 5. The average Bonchev–Trinajstić information content (AvgIpc) is 3.41. The maximum atomic E-state index is 12.8. The Bertz CT molecular complexity index is 1100. The van der Waals surface area contributed by atoms with Gasteiger partial charge < -0.3 is 23.5 Å². The molecular formula is C19H24N6O6S. The average molecular weight is 465 g/mol. The van der Waals surface area contributed by atoms with Gasteiger partial charge in [-0.25, -0.2) is 9.48 Å². The van der Waals surface area contributed by atoms with Crippen molar-refractivity contribution in [2.24, 2.45) is 0 Å². The van der Waals surface area contributed by atoms with Crippen LogP contribution in [0, 0.1) is 6.92 Å². The highest BCUT2D eigenvalue weighted by Crippen LogP contribution is 2.27. The molecule has 1 amide bonds. The lowest BCUT2D eigenvalue weighted by Gasteiger charge is -2.25. The molecule has 3 aromatic heterocycles. The van der Waals surface area contributed by atoms with Crippen LogP contribution in [0.5, 0.6) is 5.75 Å². The highest BCUT2D eigenvalue weighted by molar-refractivity contribution is 7.17. The molecule has 0 saturated heterocycles. The third-order valence-electron chi connectivity index (χ3n) is 4.44. The van der Waals surface area contributed by atoms with Gasteiger partial charge in [0.2, 0.25) is 16.0 Å². The Morgan fingerprint density at radius 1 is 1.22 bits per heavy atom. The lowest BCUT2D eigenvalue weighted by atomic mass is 10.2. The lowest BCUT2D eigenvalue weighted by Crippen LogP contribution is -2.32. The Hall–Kier alpha value is -3.29. The van der Waals surface area contributed by atoms with Crippen LogP contribution in [0.1, 0.15) is 16.2 Å². The van der Waals surface area contributed by atoms with Crippen LogP contribution < -0.4 is 20.6 Å². The molecule has 3 heterocycles. The molecule has 0 atom stereocenters. The van der Waals surface area contributed by atoms with Crippen molar-refractivity contribution in [3.63, 3.8) is 0 Å². The summed E-state index contributed by atoms with van der Waals surface area (Å²) in [6.45, 7) is 3.57. The standard InChI is InChI=1S/C19H24N6O6S/c1-12-5-6-20-25(12)19-23-22-18(32-19)21-16(26)14-11-13(15(30-4)17(27)31-14)24(7-9-28-2)8-10-29-3/h5-6,11H,7-10H2,1-4H3,(H,21,22,26). The molecule has 13 heteroatoms. The molecule has 12 nitrogen and oxygen atoms in total. The molecule has 0 saturated carbocycles. The van der Waals surface area contributed by atoms with Gasteiger partial charge in [0.25, 0.3) is 5.91 Å². The van der Waals surface area contributed by atoms with E-state index in [1.165, 1.54) is 13.2 Å². The van der Waals surface area contributed by atoms with Gasteiger partial charge in [-0.1, -0.05) is 11.3 Å². The van der Waals surface area contributed by atoms with Crippen molar-refractivity contribution in [1.29, 1.82) is 0 Å². The number of aromatic nitrogens is 4. The Morgan fingerprint density at radius 3 is 2.53 bits per heavy atom. The summed E-state index contributed by atoms with van der Waals surface area (Å²) in [4.78, 5) is 27.1. The SMILES string of the molecule is COCCN(CCOC)c1cc(C(=O)Nc2nnc(-n3nccc3C)s2)oc(=O)c1OC. The molecular weight excluding hydrogens is 440 g/mol. The normalized spacial score (nSPS) is 10.9. The molecule has 0 aliphatic rings. The fraction of sp³-hybridized carbons (Fsp3) is 0.421. The van der Waals surface area contributed by atoms with Crippen molar-refractivity contribution in [3.05, 3.63) is 40.2 Å². The summed E-state index contributed by atoms with van der Waals surface area (Å²) in [6, 6.07) is 3.27. The van der Waals surface area contributed by atoms with E-state index in [4.69, 9.17) is 18.6 Å². The van der Waals surface area contributed by atoms with Crippen LogP contribution in [-0.4, -0.2) is 73.5 Å². The van der Waals surface area contributed by atoms with Crippen molar-refractivity contribution in [2.45, 2.75) is 6.92 Å². The van der Waals surface area contributed by atoms with E-state index >= 15 is 0 Å². The maximum absolute atomic E-state index is 12.8. The molecule has 1 N–H and O–H groups in total. The fourth-order valence-electron chi connectivity index (χ4n) is 2.84. The molecule has 0 aliphatic carbocycles. The van der Waals surface area contributed by atoms with Gasteiger partial charge in [-0.05, 0) is 13.0 Å². The van der Waals surface area contributed by atoms with E-state index in [-0.39, 0.29) is 16.6 Å². The minimum Gasteiger partial charge on any atom is -0.488 e. The highest BCUT2D eigenvalue weighted by atomic mass is 32.1. The van der Waals surface area contributed by atoms with E-state index in [1.54, 1.807) is 25.1 Å². The second-order valence-electron chi connectivity index (χ2n) is 6.52. The first-order valence-corrected chi connectivity index (χ1v) is 10.4. The van der Waals surface area contributed by atoms with Gasteiger partial charge in [0, 0.05) is 45.3 Å². The Balaban J connectivity index is 1.87. The zero-order chi connectivity index (χ0) is 23.1. The van der Waals surface area contributed by atoms with Gasteiger partial charge in [-0.15, -0.1) is 10.2 Å². The number of hydrogen-bond acceptors (Lipinski definition) is 11. The van der Waals surface area contributed by atoms with E-state index in [0.717, 1.165) is 17.0 Å². The van der Waals surface area contributed by atoms with Crippen LogP contribution in [0.4, 0.5) is 10.8 Å². The number of rotatable bonds is 11. The number of ether oxygens (including phenoxy) is 3. The van der Waals surface area contributed by atoms with Gasteiger partial charge >= 0.3 is 5.63 Å². The van der Waals surface area contributed by atoms with Gasteiger partial charge in [0.1, 0.15) is 0 Å². The molecule has 0 unspecified atom stereocenters. The molecule has 0 bridgehead atoms. The third kappa shape index (κ3) is 5.30. The summed E-state index contributed by atoms with van der Waals surface area (Å²) < 4.78 is 22.3. The number of aryl methyl sites for hydroxylation is 1. The van der Waals surface area contributed by atoms with E-state index in [2.05, 4.69) is 20.6 Å². The first kappa shape index (κ1) is 23.4. The van der Waals surface area contributed by atoms with Crippen molar-refractivity contribution in [3.8, 4) is 10.9 Å². The smallest absolute Gasteiger partial charge is 0.381 e. The van der Waals surface area contributed by atoms with Gasteiger partial charge in [-0.3, -0.25) is 10.1 Å². The van der Waals surface area contributed by atoms with Crippen molar-refractivity contribution in [1.82, 2.24) is 20.0 Å². The van der Waals surface area contributed by atoms with Crippen molar-refractivity contribution >= 4 is 28.1 Å². The molecule has 0 spiro atoms. The van der Waals surface area contributed by atoms with E-state index in [1.807, 2.05) is 17.9 Å². The lowest BCUT2D eigenvalue weighted by molar-refractivity contribution is 0.0991. The molecule has 0 radical (unpaired) electrons. The molecule has 0 fully saturated rings. The largest absolute Gasteiger partial charge is 0.488 e. The number of carbonyl (C=O) groups is 1. The molecule has 3 aromatic rings. The zero-order valence-electron chi connectivity index (χ0n) is 18.2. The van der Waals surface area contributed by atoms with E-state index < -0.39 is 11.5 Å². The number of hydrogen-bond donors (Lipinski definition) is 1. The summed E-state index contributed by atoms with van der Waals surface area (Å²) in [5.74, 6) is -0.858. The minimum atomic E-state index is -0.778. The van der Waals surface area contributed by atoms with Crippen LogP contribution in [0.3, 0.4) is 0 Å². The second kappa shape index (κ2) is 10.8. The molecule has 0 aromatic carbocycles. The Labute approximate surface area is 187 Å². The van der Waals surface area contributed by atoms with Crippen molar-refractivity contribution in [2.75, 3.05) is 57.8 Å². The summed E-state index contributed by atoms with van der Waals surface area (Å²) in [7, 11) is 4.51. The summed E-state index contributed by atoms with van der Waals surface area (Å²) in [5.41, 5.74) is 0.491. The van der Waals surface area contributed by atoms with Gasteiger partial charge in [-0.2, -0.15) is 5.10 Å². The first-order valence-electron chi connectivity index (χ1n) is 9.59. The van der Waals surface area contributed by atoms with Crippen molar-refractivity contribution < 1.29 is 23.4 Å². The van der Waals surface area contributed by atoms with Crippen LogP contribution in [0.25, 0.3) is 5.13 Å². The van der Waals surface area contributed by atoms with E-state index in [9.17, 15) is 9.59 Å². The van der Waals surface area contributed by atoms with E-state index in [0.29, 0.717) is 37.1 Å². The van der Waals surface area contributed by atoms with Crippen LogP contribution >= 0.6 is 11.3 Å². The quantitative estimate of drug-likeness (QED) is 0.443. The maximum Gasteiger partial charge on any atom is 0.381 e. The summed E-state index contributed by atoms with van der Waals surface area (Å²) >= 11 is 1.13. The minimum absolute atomic E-state index is 0.0129. The molecule has 0 aliphatic heterocycles. The Morgan fingerprint density at radius 2 is 1.94 bits per heavy atom.